The fourth-order valence-electron chi connectivity index (χ4n) is 1.70. The molecule has 0 unspecified atom stereocenters. The summed E-state index contributed by atoms with van der Waals surface area (Å²) in [4.78, 5) is 12.8. The van der Waals surface area contributed by atoms with E-state index in [0.29, 0.717) is 18.1 Å². The maximum atomic E-state index is 11.0. The minimum atomic E-state index is 0.308. The first-order valence-corrected chi connectivity index (χ1v) is 5.29. The van der Waals surface area contributed by atoms with Crippen molar-refractivity contribution in [1.29, 1.82) is 0 Å². The molecule has 0 radical (unpaired) electrons. The first-order chi connectivity index (χ1) is 8.15. The van der Waals surface area contributed by atoms with E-state index in [0.717, 1.165) is 11.3 Å². The minimum absolute atomic E-state index is 0.308. The zero-order chi connectivity index (χ0) is 12.4. The van der Waals surface area contributed by atoms with Crippen LogP contribution in [-0.2, 0) is 0 Å². The monoisotopic (exact) mass is 230 g/mol. The molecular weight excluding hydrogens is 216 g/mol. The van der Waals surface area contributed by atoms with Crippen molar-refractivity contribution < 1.29 is 4.79 Å². The third kappa shape index (κ3) is 1.91. The van der Waals surface area contributed by atoms with Crippen LogP contribution in [0.3, 0.4) is 0 Å². The summed E-state index contributed by atoms with van der Waals surface area (Å²) in [7, 11) is 3.74. The zero-order valence-electron chi connectivity index (χ0n) is 10.1. The number of hydrogen-bond acceptors (Lipinski definition) is 4. The molecule has 0 aliphatic rings. The van der Waals surface area contributed by atoms with Crippen LogP contribution in [0, 0.1) is 6.92 Å². The summed E-state index contributed by atoms with van der Waals surface area (Å²) in [6.07, 6.45) is 0.715. The van der Waals surface area contributed by atoms with Crippen LogP contribution in [0.25, 0.3) is 5.69 Å². The van der Waals surface area contributed by atoms with Crippen LogP contribution < -0.4 is 4.90 Å². The molecule has 0 atom stereocenters. The van der Waals surface area contributed by atoms with Gasteiger partial charge in [-0.25, -0.2) is 0 Å². The Morgan fingerprint density at radius 1 is 1.24 bits per heavy atom. The Morgan fingerprint density at radius 3 is 2.53 bits per heavy atom. The molecule has 0 saturated heterocycles. The summed E-state index contributed by atoms with van der Waals surface area (Å²) in [5, 5.41) is 7.89. The number of nitrogens with zero attached hydrogens (tertiary/aromatic N) is 4. The van der Waals surface area contributed by atoms with Crippen LogP contribution in [0.1, 0.15) is 16.2 Å². The Bertz CT molecular complexity index is 545. The largest absolute Gasteiger partial charge is 0.347 e. The average molecular weight is 230 g/mol. The Hall–Kier alpha value is -2.17. The highest BCUT2D eigenvalue weighted by atomic mass is 16.1. The molecule has 5 heteroatoms. The number of rotatable bonds is 3. The number of para-hydroxylation sites is 1. The molecular formula is C12H14N4O. The number of benzene rings is 1. The van der Waals surface area contributed by atoms with Crippen molar-refractivity contribution in [3.8, 4) is 5.69 Å². The lowest BCUT2D eigenvalue weighted by molar-refractivity contribution is 0.111. The third-order valence-electron chi connectivity index (χ3n) is 2.53. The maximum Gasteiger partial charge on any atom is 0.231 e. The lowest BCUT2D eigenvalue weighted by Gasteiger charge is -2.15. The van der Waals surface area contributed by atoms with Gasteiger partial charge in [0.15, 0.2) is 6.29 Å². The van der Waals surface area contributed by atoms with Crippen molar-refractivity contribution in [3.05, 3.63) is 35.7 Å². The van der Waals surface area contributed by atoms with Gasteiger partial charge in [-0.3, -0.25) is 9.36 Å². The first-order valence-electron chi connectivity index (χ1n) is 5.29. The standard InChI is InChI=1S/C12H14N4O/c1-9-6-4-5-7-10(9)16-11(8-17)13-14-12(16)15(2)3/h4-8H,1-3H3. The van der Waals surface area contributed by atoms with E-state index < -0.39 is 0 Å². The van der Waals surface area contributed by atoms with Gasteiger partial charge in [-0.05, 0) is 18.6 Å². The number of carbonyl (C=O) groups excluding carboxylic acids is 1. The molecule has 2 aromatic rings. The van der Waals surface area contributed by atoms with Gasteiger partial charge < -0.3 is 4.90 Å². The molecule has 1 aromatic heterocycles. The fourth-order valence-corrected chi connectivity index (χ4v) is 1.70. The number of carbonyl (C=O) groups is 1. The molecule has 17 heavy (non-hydrogen) atoms. The van der Waals surface area contributed by atoms with Gasteiger partial charge in [0.2, 0.25) is 11.8 Å². The van der Waals surface area contributed by atoms with E-state index >= 15 is 0 Å². The lowest BCUT2D eigenvalue weighted by Crippen LogP contribution is -2.16. The van der Waals surface area contributed by atoms with Crippen LogP contribution >= 0.6 is 0 Å². The van der Waals surface area contributed by atoms with E-state index in [4.69, 9.17) is 0 Å². The summed E-state index contributed by atoms with van der Waals surface area (Å²) in [6.45, 7) is 1.99. The third-order valence-corrected chi connectivity index (χ3v) is 2.53. The topological polar surface area (TPSA) is 51.0 Å². The summed E-state index contributed by atoms with van der Waals surface area (Å²) in [5.41, 5.74) is 1.99. The van der Waals surface area contributed by atoms with Crippen LogP contribution in [0.5, 0.6) is 0 Å². The van der Waals surface area contributed by atoms with Crippen LogP contribution in [-0.4, -0.2) is 35.1 Å². The Kier molecular flexibility index (Phi) is 2.91. The molecule has 5 nitrogen and oxygen atoms in total. The fraction of sp³-hybridized carbons (Fsp3) is 0.250. The number of aldehydes is 1. The second-order valence-corrected chi connectivity index (χ2v) is 3.99. The Labute approximate surface area is 99.7 Å². The lowest BCUT2D eigenvalue weighted by atomic mass is 10.2. The van der Waals surface area contributed by atoms with Crippen molar-refractivity contribution in [2.24, 2.45) is 0 Å². The number of hydrogen-bond donors (Lipinski definition) is 0. The normalized spacial score (nSPS) is 10.3. The van der Waals surface area contributed by atoms with Crippen LogP contribution in [0.2, 0.25) is 0 Å². The summed E-state index contributed by atoms with van der Waals surface area (Å²) >= 11 is 0. The summed E-state index contributed by atoms with van der Waals surface area (Å²) in [6, 6.07) is 7.82. The Balaban J connectivity index is 2.69. The van der Waals surface area contributed by atoms with E-state index in [-0.39, 0.29) is 0 Å². The summed E-state index contributed by atoms with van der Waals surface area (Å²) < 4.78 is 1.75. The van der Waals surface area contributed by atoms with Crippen molar-refractivity contribution in [2.45, 2.75) is 6.92 Å². The van der Waals surface area contributed by atoms with Crippen molar-refractivity contribution >= 4 is 12.2 Å². The highest BCUT2D eigenvalue weighted by molar-refractivity contribution is 5.72. The second kappa shape index (κ2) is 4.37. The van der Waals surface area contributed by atoms with E-state index in [1.807, 2.05) is 50.2 Å². The van der Waals surface area contributed by atoms with Gasteiger partial charge in [0.1, 0.15) is 0 Å². The Morgan fingerprint density at radius 2 is 1.94 bits per heavy atom. The smallest absolute Gasteiger partial charge is 0.231 e. The SMILES string of the molecule is Cc1ccccc1-n1c(C=O)nnc1N(C)C. The van der Waals surface area contributed by atoms with Crippen LogP contribution in [0.15, 0.2) is 24.3 Å². The maximum absolute atomic E-state index is 11.0. The van der Waals surface area contributed by atoms with Gasteiger partial charge in [-0.1, -0.05) is 18.2 Å². The summed E-state index contributed by atoms with van der Waals surface area (Å²) in [5.74, 6) is 0.949. The number of aromatic nitrogens is 3. The highest BCUT2D eigenvalue weighted by Crippen LogP contribution is 2.20. The van der Waals surface area contributed by atoms with Gasteiger partial charge in [0, 0.05) is 14.1 Å². The molecule has 0 aliphatic carbocycles. The van der Waals surface area contributed by atoms with Crippen molar-refractivity contribution in [2.75, 3.05) is 19.0 Å². The van der Waals surface area contributed by atoms with Crippen molar-refractivity contribution in [3.63, 3.8) is 0 Å². The predicted octanol–water partition coefficient (Wildman–Crippen LogP) is 1.45. The van der Waals surface area contributed by atoms with E-state index in [9.17, 15) is 4.79 Å². The van der Waals surface area contributed by atoms with E-state index in [1.54, 1.807) is 4.57 Å². The molecule has 0 aliphatic heterocycles. The minimum Gasteiger partial charge on any atom is -0.347 e. The van der Waals surface area contributed by atoms with Gasteiger partial charge >= 0.3 is 0 Å². The molecule has 0 bridgehead atoms. The average Bonchev–Trinajstić information content (AvgIpc) is 2.73. The van der Waals surface area contributed by atoms with Gasteiger partial charge in [-0.2, -0.15) is 0 Å². The zero-order valence-corrected chi connectivity index (χ0v) is 10.1. The number of aryl methyl sites for hydroxylation is 1. The van der Waals surface area contributed by atoms with Crippen molar-refractivity contribution in [1.82, 2.24) is 14.8 Å². The molecule has 0 N–H and O–H groups in total. The molecule has 1 heterocycles. The molecule has 0 spiro atoms. The quantitative estimate of drug-likeness (QED) is 0.749. The van der Waals surface area contributed by atoms with Gasteiger partial charge in [0.25, 0.3) is 0 Å². The molecule has 1 aromatic carbocycles. The number of anilines is 1. The molecule has 0 saturated carbocycles. The van der Waals surface area contributed by atoms with Crippen LogP contribution in [0.4, 0.5) is 5.95 Å². The second-order valence-electron chi connectivity index (χ2n) is 3.99. The molecule has 0 fully saturated rings. The van der Waals surface area contributed by atoms with E-state index in [1.165, 1.54) is 0 Å². The van der Waals surface area contributed by atoms with Gasteiger partial charge in [-0.15, -0.1) is 10.2 Å². The van der Waals surface area contributed by atoms with E-state index in [2.05, 4.69) is 10.2 Å². The molecule has 2 rings (SSSR count). The molecule has 0 amide bonds. The first kappa shape index (κ1) is 11.3. The van der Waals surface area contributed by atoms with Gasteiger partial charge in [0.05, 0.1) is 5.69 Å². The highest BCUT2D eigenvalue weighted by Gasteiger charge is 2.15. The molecule has 88 valence electrons. The predicted molar refractivity (Wildman–Crippen MR) is 65.8 cm³/mol.